The molecule has 0 fully saturated rings. The molecule has 0 bridgehead atoms. The minimum absolute atomic E-state index is 0.142. The minimum atomic E-state index is -0.411. The maximum absolute atomic E-state index is 12.3. The van der Waals surface area contributed by atoms with Crippen LogP contribution in [0.5, 0.6) is 0 Å². The summed E-state index contributed by atoms with van der Waals surface area (Å²) in [6, 6.07) is 12.4. The SMILES string of the molecule is C#Cc1cccc(N[C@H](C)C(=O)Nc2cccc(Cl)c2C)c1. The number of amides is 1. The number of hydrogen-bond donors (Lipinski definition) is 2. The maximum Gasteiger partial charge on any atom is 0.246 e. The molecule has 22 heavy (non-hydrogen) atoms. The quantitative estimate of drug-likeness (QED) is 0.836. The number of halogens is 1. The van der Waals surface area contributed by atoms with Gasteiger partial charge in [0, 0.05) is 22.0 Å². The topological polar surface area (TPSA) is 41.1 Å². The number of anilines is 2. The van der Waals surface area contributed by atoms with Crippen molar-refractivity contribution in [3.63, 3.8) is 0 Å². The molecule has 0 radical (unpaired) electrons. The molecule has 0 saturated heterocycles. The standard InChI is InChI=1S/C18H17ClN2O/c1-4-14-7-5-8-15(11-14)20-13(3)18(22)21-17-10-6-9-16(19)12(17)2/h1,5-11,13,20H,2-3H3,(H,21,22)/t13-/m1/s1. The van der Waals surface area contributed by atoms with Gasteiger partial charge in [0.25, 0.3) is 0 Å². The number of carbonyl (C=O) groups excluding carboxylic acids is 1. The molecule has 2 N–H and O–H groups in total. The maximum atomic E-state index is 12.3. The Kier molecular flexibility index (Phi) is 5.08. The van der Waals surface area contributed by atoms with Crippen molar-refractivity contribution in [3.8, 4) is 12.3 Å². The van der Waals surface area contributed by atoms with Gasteiger partial charge in [0.05, 0.1) is 0 Å². The molecule has 112 valence electrons. The van der Waals surface area contributed by atoms with Gasteiger partial charge >= 0.3 is 0 Å². The zero-order chi connectivity index (χ0) is 16.1. The molecule has 0 aliphatic carbocycles. The number of benzene rings is 2. The number of carbonyl (C=O) groups is 1. The molecule has 0 unspecified atom stereocenters. The van der Waals surface area contributed by atoms with Crippen LogP contribution >= 0.6 is 11.6 Å². The highest BCUT2D eigenvalue weighted by atomic mass is 35.5. The Labute approximate surface area is 135 Å². The van der Waals surface area contributed by atoms with Crippen LogP contribution in [0, 0.1) is 19.3 Å². The lowest BCUT2D eigenvalue weighted by atomic mass is 10.1. The lowest BCUT2D eigenvalue weighted by Gasteiger charge is -2.17. The zero-order valence-corrected chi connectivity index (χ0v) is 13.2. The van der Waals surface area contributed by atoms with Gasteiger partial charge in [-0.05, 0) is 49.7 Å². The predicted octanol–water partition coefficient (Wildman–Crippen LogP) is 4.07. The summed E-state index contributed by atoms with van der Waals surface area (Å²) >= 11 is 6.05. The largest absolute Gasteiger partial charge is 0.374 e. The van der Waals surface area contributed by atoms with E-state index in [9.17, 15) is 4.79 Å². The molecule has 0 aromatic heterocycles. The van der Waals surface area contributed by atoms with Crippen LogP contribution < -0.4 is 10.6 Å². The Balaban J connectivity index is 2.06. The van der Waals surface area contributed by atoms with Gasteiger partial charge in [-0.2, -0.15) is 0 Å². The van der Waals surface area contributed by atoms with Crippen molar-refractivity contribution in [1.29, 1.82) is 0 Å². The summed E-state index contributed by atoms with van der Waals surface area (Å²) in [5.74, 6) is 2.43. The van der Waals surface area contributed by atoms with Gasteiger partial charge < -0.3 is 10.6 Å². The Bertz CT molecular complexity index is 734. The number of hydrogen-bond acceptors (Lipinski definition) is 2. The molecule has 1 atom stereocenters. The average Bonchev–Trinajstić information content (AvgIpc) is 2.52. The fraction of sp³-hybridized carbons (Fsp3) is 0.167. The van der Waals surface area contributed by atoms with Crippen molar-refractivity contribution >= 4 is 28.9 Å². The predicted molar refractivity (Wildman–Crippen MR) is 92.3 cm³/mol. The van der Waals surface area contributed by atoms with Crippen LogP contribution in [0.2, 0.25) is 5.02 Å². The summed E-state index contributed by atoms with van der Waals surface area (Å²) < 4.78 is 0. The Morgan fingerprint density at radius 2 is 2.00 bits per heavy atom. The summed E-state index contributed by atoms with van der Waals surface area (Å²) in [7, 11) is 0. The monoisotopic (exact) mass is 312 g/mol. The van der Waals surface area contributed by atoms with Crippen LogP contribution in [0.4, 0.5) is 11.4 Å². The molecule has 2 rings (SSSR count). The first kappa shape index (κ1) is 15.9. The highest BCUT2D eigenvalue weighted by molar-refractivity contribution is 6.31. The number of rotatable bonds is 4. The summed E-state index contributed by atoms with van der Waals surface area (Å²) in [5.41, 5.74) is 3.13. The summed E-state index contributed by atoms with van der Waals surface area (Å²) in [5, 5.41) is 6.63. The van der Waals surface area contributed by atoms with E-state index in [0.29, 0.717) is 10.7 Å². The fourth-order valence-electron chi connectivity index (χ4n) is 2.00. The molecule has 0 aliphatic rings. The third-order valence-corrected chi connectivity index (χ3v) is 3.74. The Morgan fingerprint density at radius 3 is 2.73 bits per heavy atom. The molecular weight excluding hydrogens is 296 g/mol. The first-order valence-electron chi connectivity index (χ1n) is 6.90. The first-order valence-corrected chi connectivity index (χ1v) is 7.28. The van der Waals surface area contributed by atoms with E-state index in [2.05, 4.69) is 16.6 Å². The van der Waals surface area contributed by atoms with Gasteiger partial charge in [-0.25, -0.2) is 0 Å². The Morgan fingerprint density at radius 1 is 1.27 bits per heavy atom. The number of nitrogens with one attached hydrogen (secondary N) is 2. The lowest BCUT2D eigenvalue weighted by Crippen LogP contribution is -2.32. The van der Waals surface area contributed by atoms with Crippen LogP contribution in [-0.4, -0.2) is 11.9 Å². The second-order valence-corrected chi connectivity index (χ2v) is 5.40. The van der Waals surface area contributed by atoms with Crippen molar-refractivity contribution in [1.82, 2.24) is 0 Å². The number of terminal acetylenes is 1. The highest BCUT2D eigenvalue weighted by Crippen LogP contribution is 2.23. The van der Waals surface area contributed by atoms with E-state index in [-0.39, 0.29) is 5.91 Å². The van der Waals surface area contributed by atoms with Crippen LogP contribution in [0.15, 0.2) is 42.5 Å². The van der Waals surface area contributed by atoms with E-state index in [1.165, 1.54) is 0 Å². The summed E-state index contributed by atoms with van der Waals surface area (Å²) in [6.45, 7) is 3.66. The zero-order valence-electron chi connectivity index (χ0n) is 12.5. The highest BCUT2D eigenvalue weighted by Gasteiger charge is 2.14. The van der Waals surface area contributed by atoms with Gasteiger partial charge in [-0.3, -0.25) is 4.79 Å². The molecule has 3 nitrogen and oxygen atoms in total. The molecule has 4 heteroatoms. The molecule has 0 heterocycles. The van der Waals surface area contributed by atoms with Gasteiger partial charge in [0.1, 0.15) is 6.04 Å². The average molecular weight is 313 g/mol. The van der Waals surface area contributed by atoms with Crippen molar-refractivity contribution in [2.75, 3.05) is 10.6 Å². The first-order chi connectivity index (χ1) is 10.5. The molecule has 2 aromatic carbocycles. The molecule has 0 spiro atoms. The Hall–Kier alpha value is -2.44. The van der Waals surface area contributed by atoms with Gasteiger partial charge in [0.15, 0.2) is 0 Å². The third-order valence-electron chi connectivity index (χ3n) is 3.33. The van der Waals surface area contributed by atoms with Crippen LogP contribution in [0.3, 0.4) is 0 Å². The normalized spacial score (nSPS) is 11.4. The van der Waals surface area contributed by atoms with E-state index >= 15 is 0 Å². The van der Waals surface area contributed by atoms with Crippen LogP contribution in [0.25, 0.3) is 0 Å². The molecule has 0 saturated carbocycles. The minimum Gasteiger partial charge on any atom is -0.374 e. The van der Waals surface area contributed by atoms with Gasteiger partial charge in [0.2, 0.25) is 5.91 Å². The smallest absolute Gasteiger partial charge is 0.246 e. The van der Waals surface area contributed by atoms with Crippen LogP contribution in [-0.2, 0) is 4.79 Å². The van der Waals surface area contributed by atoms with Crippen molar-refractivity contribution in [2.45, 2.75) is 19.9 Å². The van der Waals surface area contributed by atoms with Crippen LogP contribution in [0.1, 0.15) is 18.1 Å². The second-order valence-electron chi connectivity index (χ2n) is 4.99. The van der Waals surface area contributed by atoms with Gasteiger partial charge in [-0.1, -0.05) is 29.7 Å². The molecule has 2 aromatic rings. The van der Waals surface area contributed by atoms with E-state index in [1.54, 1.807) is 19.1 Å². The van der Waals surface area contributed by atoms with E-state index in [0.717, 1.165) is 16.8 Å². The van der Waals surface area contributed by atoms with Crippen molar-refractivity contribution in [3.05, 3.63) is 58.6 Å². The summed E-state index contributed by atoms with van der Waals surface area (Å²) in [4.78, 5) is 12.3. The molecular formula is C18H17ClN2O. The van der Waals surface area contributed by atoms with Crippen molar-refractivity contribution < 1.29 is 4.79 Å². The second kappa shape index (κ2) is 7.02. The summed E-state index contributed by atoms with van der Waals surface area (Å²) in [6.07, 6.45) is 5.37. The fourth-order valence-corrected chi connectivity index (χ4v) is 2.17. The molecule has 1 amide bonds. The van der Waals surface area contributed by atoms with Gasteiger partial charge in [-0.15, -0.1) is 6.42 Å². The lowest BCUT2D eigenvalue weighted by molar-refractivity contribution is -0.116. The van der Waals surface area contributed by atoms with E-state index in [4.69, 9.17) is 18.0 Å². The van der Waals surface area contributed by atoms with Crippen molar-refractivity contribution in [2.24, 2.45) is 0 Å². The van der Waals surface area contributed by atoms with E-state index < -0.39 is 6.04 Å². The molecule has 0 aliphatic heterocycles. The third kappa shape index (κ3) is 3.81. The van der Waals surface area contributed by atoms with E-state index in [1.807, 2.05) is 37.3 Å².